The van der Waals surface area contributed by atoms with Gasteiger partial charge in [0.2, 0.25) is 5.88 Å². The lowest BCUT2D eigenvalue weighted by atomic mass is 10.1. The van der Waals surface area contributed by atoms with Gasteiger partial charge >= 0.3 is 5.97 Å². The summed E-state index contributed by atoms with van der Waals surface area (Å²) in [6.45, 7) is 1.67. The van der Waals surface area contributed by atoms with Crippen molar-refractivity contribution >= 4 is 11.9 Å². The lowest BCUT2D eigenvalue weighted by Crippen LogP contribution is -2.27. The van der Waals surface area contributed by atoms with E-state index in [1.54, 1.807) is 19.1 Å². The number of carbonyl (C=O) groups excluding carboxylic acids is 1. The largest absolute Gasteiger partial charge is 0.506 e. The smallest absolute Gasteiger partial charge is 0.335 e. The van der Waals surface area contributed by atoms with Crippen LogP contribution in [0.3, 0.4) is 0 Å². The molecule has 1 amide bonds. The summed E-state index contributed by atoms with van der Waals surface area (Å²) in [5.41, 5.74) is 0.563. The monoisotopic (exact) mass is 414 g/mol. The average molecular weight is 414 g/mol. The van der Waals surface area contributed by atoms with Crippen LogP contribution in [0.2, 0.25) is 0 Å². The first-order valence-corrected chi connectivity index (χ1v) is 8.70. The molecule has 3 aromatic rings. The average Bonchev–Trinajstić information content (AvgIpc) is 2.71. The summed E-state index contributed by atoms with van der Waals surface area (Å²) in [6, 6.07) is 9.15. The van der Waals surface area contributed by atoms with E-state index in [2.05, 4.69) is 10.3 Å². The molecule has 1 heterocycles. The Kier molecular flexibility index (Phi) is 5.91. The van der Waals surface area contributed by atoms with Gasteiger partial charge in [0.1, 0.15) is 17.1 Å². The summed E-state index contributed by atoms with van der Waals surface area (Å²) in [4.78, 5) is 27.5. The van der Waals surface area contributed by atoms with Gasteiger partial charge < -0.3 is 20.3 Å². The molecule has 0 aliphatic heterocycles. The molecule has 0 fully saturated rings. The zero-order chi connectivity index (χ0) is 21.8. The summed E-state index contributed by atoms with van der Waals surface area (Å²) < 4.78 is 32.3. The highest BCUT2D eigenvalue weighted by atomic mass is 19.1. The van der Waals surface area contributed by atoms with Crippen LogP contribution in [-0.4, -0.2) is 27.1 Å². The lowest BCUT2D eigenvalue weighted by molar-refractivity contribution is 0.0696. The van der Waals surface area contributed by atoms with Crippen molar-refractivity contribution in [3.63, 3.8) is 0 Å². The molecule has 0 saturated carbocycles. The number of amides is 1. The van der Waals surface area contributed by atoms with Crippen molar-refractivity contribution in [2.45, 2.75) is 13.0 Å². The molecule has 3 rings (SSSR count). The zero-order valence-corrected chi connectivity index (χ0v) is 15.6. The van der Waals surface area contributed by atoms with Crippen LogP contribution < -0.4 is 10.1 Å². The van der Waals surface area contributed by atoms with Gasteiger partial charge in [-0.15, -0.1) is 0 Å². The first-order valence-electron chi connectivity index (χ1n) is 8.70. The molecule has 0 bridgehead atoms. The van der Waals surface area contributed by atoms with Crippen molar-refractivity contribution < 1.29 is 33.3 Å². The molecule has 0 radical (unpaired) electrons. The molecule has 0 spiro atoms. The fourth-order valence-corrected chi connectivity index (χ4v) is 2.62. The molecule has 0 aliphatic carbocycles. The normalized spacial score (nSPS) is 11.6. The lowest BCUT2D eigenvalue weighted by Gasteiger charge is -2.16. The second-order valence-corrected chi connectivity index (χ2v) is 6.35. The van der Waals surface area contributed by atoms with E-state index in [0.29, 0.717) is 11.6 Å². The van der Waals surface area contributed by atoms with Gasteiger partial charge in [0.25, 0.3) is 5.91 Å². The Morgan fingerprint density at radius 3 is 2.43 bits per heavy atom. The number of aromatic nitrogens is 1. The van der Waals surface area contributed by atoms with Gasteiger partial charge in [-0.3, -0.25) is 4.79 Å². The number of hydrogen-bond acceptors (Lipinski definition) is 5. The number of nitrogens with zero attached hydrogens (tertiary/aromatic N) is 1. The van der Waals surface area contributed by atoms with Gasteiger partial charge in [0.15, 0.2) is 11.6 Å². The molecule has 30 heavy (non-hydrogen) atoms. The molecule has 9 heteroatoms. The van der Waals surface area contributed by atoms with Crippen molar-refractivity contribution in [2.75, 3.05) is 0 Å². The molecular formula is C21H16F2N2O5. The van der Waals surface area contributed by atoms with Crippen LogP contribution in [0.25, 0.3) is 0 Å². The molecule has 0 unspecified atom stereocenters. The van der Waals surface area contributed by atoms with Gasteiger partial charge in [-0.2, -0.15) is 0 Å². The van der Waals surface area contributed by atoms with E-state index in [1.807, 2.05) is 0 Å². The Bertz CT molecular complexity index is 1100. The number of rotatable bonds is 6. The predicted molar refractivity (Wildman–Crippen MR) is 102 cm³/mol. The summed E-state index contributed by atoms with van der Waals surface area (Å²) >= 11 is 0. The maximum absolute atomic E-state index is 13.9. The Morgan fingerprint density at radius 1 is 1.10 bits per heavy atom. The number of carboxylic acid groups (broad SMARTS) is 1. The third-order valence-corrected chi connectivity index (χ3v) is 4.19. The van der Waals surface area contributed by atoms with Gasteiger partial charge in [0, 0.05) is 6.07 Å². The topological polar surface area (TPSA) is 109 Å². The number of pyridine rings is 1. The number of carboxylic acids is 1. The van der Waals surface area contributed by atoms with E-state index in [9.17, 15) is 23.5 Å². The zero-order valence-electron chi connectivity index (χ0n) is 15.6. The summed E-state index contributed by atoms with van der Waals surface area (Å²) in [5, 5.41) is 21.3. The van der Waals surface area contributed by atoms with Crippen molar-refractivity contribution in [1.82, 2.24) is 10.3 Å². The fraction of sp³-hybridized carbons (Fsp3) is 0.0952. The maximum Gasteiger partial charge on any atom is 0.335 e. The van der Waals surface area contributed by atoms with E-state index in [0.717, 1.165) is 24.4 Å². The van der Waals surface area contributed by atoms with Crippen LogP contribution >= 0.6 is 0 Å². The van der Waals surface area contributed by atoms with Crippen molar-refractivity contribution in [3.05, 3.63) is 83.1 Å². The van der Waals surface area contributed by atoms with Crippen molar-refractivity contribution in [2.24, 2.45) is 0 Å². The van der Waals surface area contributed by atoms with E-state index in [4.69, 9.17) is 9.84 Å². The highest BCUT2D eigenvalue weighted by Crippen LogP contribution is 2.28. The molecule has 1 atom stereocenters. The third-order valence-electron chi connectivity index (χ3n) is 4.19. The van der Waals surface area contributed by atoms with Crippen LogP contribution in [0.4, 0.5) is 8.78 Å². The second-order valence-electron chi connectivity index (χ2n) is 6.35. The van der Waals surface area contributed by atoms with E-state index in [1.165, 1.54) is 12.1 Å². The van der Waals surface area contributed by atoms with E-state index in [-0.39, 0.29) is 28.5 Å². The number of halogens is 2. The quantitative estimate of drug-likeness (QED) is 0.562. The van der Waals surface area contributed by atoms with Crippen LogP contribution in [-0.2, 0) is 0 Å². The first kappa shape index (κ1) is 20.7. The Hall–Kier alpha value is -4.01. The molecule has 0 saturated heterocycles. The highest BCUT2D eigenvalue weighted by molar-refractivity contribution is 5.97. The minimum absolute atomic E-state index is 0.103. The number of carbonyl (C=O) groups is 2. The molecule has 7 nitrogen and oxygen atoms in total. The molecule has 154 valence electrons. The van der Waals surface area contributed by atoms with Crippen LogP contribution in [0, 0.1) is 11.6 Å². The second kappa shape index (κ2) is 8.56. The van der Waals surface area contributed by atoms with Gasteiger partial charge in [-0.25, -0.2) is 18.6 Å². The van der Waals surface area contributed by atoms with Gasteiger partial charge in [-0.1, -0.05) is 12.1 Å². The number of hydrogen-bond donors (Lipinski definition) is 3. The molecule has 2 aromatic carbocycles. The minimum atomic E-state index is -1.07. The van der Waals surface area contributed by atoms with E-state index < -0.39 is 29.6 Å². The standard InChI is InChI=1S/C21H16F2N2O5/c1-11(12-2-4-13(5-3-12)21(28)29)25-19(27)16-9-15(26)10-24-20(16)30-18-7-6-14(22)8-17(18)23/h2-11,26H,1H3,(H,25,27)(H,28,29)/t11-/m0/s1. The summed E-state index contributed by atoms with van der Waals surface area (Å²) in [7, 11) is 0. The molecular weight excluding hydrogens is 398 g/mol. The maximum atomic E-state index is 13.9. The molecule has 1 aromatic heterocycles. The first-order chi connectivity index (χ1) is 14.2. The van der Waals surface area contributed by atoms with Gasteiger partial charge in [0.05, 0.1) is 17.8 Å². The number of ether oxygens (including phenoxy) is 1. The SMILES string of the molecule is C[C@H](NC(=O)c1cc(O)cnc1Oc1ccc(F)cc1F)c1ccc(C(=O)O)cc1. The minimum Gasteiger partial charge on any atom is -0.506 e. The number of benzene rings is 2. The molecule has 0 aliphatic rings. The van der Waals surface area contributed by atoms with Crippen molar-refractivity contribution in [1.29, 1.82) is 0 Å². The number of nitrogens with one attached hydrogen (secondary N) is 1. The highest BCUT2D eigenvalue weighted by Gasteiger charge is 2.20. The summed E-state index contributed by atoms with van der Waals surface area (Å²) in [5.74, 6) is -4.47. The van der Waals surface area contributed by atoms with Crippen LogP contribution in [0.15, 0.2) is 54.7 Å². The number of aromatic hydroxyl groups is 1. The third kappa shape index (κ3) is 4.69. The van der Waals surface area contributed by atoms with Crippen LogP contribution in [0.1, 0.15) is 39.2 Å². The van der Waals surface area contributed by atoms with Crippen LogP contribution in [0.5, 0.6) is 17.4 Å². The fourth-order valence-electron chi connectivity index (χ4n) is 2.62. The van der Waals surface area contributed by atoms with Crippen molar-refractivity contribution in [3.8, 4) is 17.4 Å². The molecule has 3 N–H and O–H groups in total. The number of aromatic carboxylic acids is 1. The van der Waals surface area contributed by atoms with Gasteiger partial charge in [-0.05, 0) is 42.8 Å². The summed E-state index contributed by atoms with van der Waals surface area (Å²) in [6.07, 6.45) is 1.02. The Balaban J connectivity index is 1.82. The van der Waals surface area contributed by atoms with E-state index >= 15 is 0 Å². The Morgan fingerprint density at radius 2 is 1.80 bits per heavy atom. The predicted octanol–water partition coefficient (Wildman–Crippen LogP) is 4.05. The Labute approximate surface area is 169 Å².